The van der Waals surface area contributed by atoms with Gasteiger partial charge in [-0.05, 0) is 42.8 Å². The molecule has 0 aliphatic carbocycles. The monoisotopic (exact) mass is 318 g/mol. The number of halogens is 1. The molecular weight excluding hydrogens is 304 g/mol. The third kappa shape index (κ3) is 3.99. The van der Waals surface area contributed by atoms with Crippen molar-refractivity contribution in [2.45, 2.75) is 6.92 Å². The molecule has 0 radical (unpaired) electrons. The van der Waals surface area contributed by atoms with Crippen molar-refractivity contribution < 1.29 is 14.6 Å². The molecule has 0 bridgehead atoms. The number of aromatic carboxylic acids is 1. The Hall–Kier alpha value is -2.53. The van der Waals surface area contributed by atoms with E-state index in [1.165, 1.54) is 6.07 Å². The number of nitrogens with one attached hydrogen (secondary N) is 1. The highest BCUT2D eigenvalue weighted by atomic mass is 35.5. The van der Waals surface area contributed by atoms with Crippen molar-refractivity contribution in [1.29, 1.82) is 0 Å². The average Bonchev–Trinajstić information content (AvgIpc) is 2.50. The molecule has 5 nitrogen and oxygen atoms in total. The maximum absolute atomic E-state index is 11.1. The first kappa shape index (κ1) is 15.9. The van der Waals surface area contributed by atoms with Gasteiger partial charge in [0.2, 0.25) is 0 Å². The molecule has 6 heteroatoms. The van der Waals surface area contributed by atoms with Gasteiger partial charge in [0.05, 0.1) is 29.1 Å². The Labute approximate surface area is 133 Å². The van der Waals surface area contributed by atoms with E-state index >= 15 is 0 Å². The maximum atomic E-state index is 11.1. The zero-order valence-electron chi connectivity index (χ0n) is 11.9. The number of para-hydroxylation sites is 1. The van der Waals surface area contributed by atoms with Gasteiger partial charge in [-0.1, -0.05) is 23.7 Å². The van der Waals surface area contributed by atoms with E-state index in [0.29, 0.717) is 23.1 Å². The predicted octanol–water partition coefficient (Wildman–Crippen LogP) is 3.88. The van der Waals surface area contributed by atoms with Crippen LogP contribution in [0.15, 0.2) is 47.6 Å². The minimum Gasteiger partial charge on any atom is -0.492 e. The molecular formula is C16H15ClN2O3. The van der Waals surface area contributed by atoms with Gasteiger partial charge in [0, 0.05) is 0 Å². The standard InChI is InChI=1S/C16H15ClN2O3/c1-2-22-15-8-7-11(9-13(15)17)10-18-19-14-6-4-3-5-12(14)16(20)21/h3-10,19H,2H2,1H3,(H,20,21). The van der Waals surface area contributed by atoms with Crippen LogP contribution in [0.4, 0.5) is 5.69 Å². The maximum Gasteiger partial charge on any atom is 0.337 e. The highest BCUT2D eigenvalue weighted by Crippen LogP contribution is 2.24. The molecule has 0 aliphatic rings. The van der Waals surface area contributed by atoms with E-state index < -0.39 is 5.97 Å². The van der Waals surface area contributed by atoms with Crippen molar-refractivity contribution >= 4 is 29.5 Å². The Morgan fingerprint density at radius 2 is 2.14 bits per heavy atom. The highest BCUT2D eigenvalue weighted by molar-refractivity contribution is 6.32. The number of ether oxygens (including phenoxy) is 1. The molecule has 2 aromatic carbocycles. The summed E-state index contributed by atoms with van der Waals surface area (Å²) < 4.78 is 5.35. The molecule has 0 amide bonds. The lowest BCUT2D eigenvalue weighted by Gasteiger charge is -2.06. The Morgan fingerprint density at radius 1 is 1.36 bits per heavy atom. The molecule has 2 aromatic rings. The van der Waals surface area contributed by atoms with E-state index in [1.54, 1.807) is 36.5 Å². The lowest BCUT2D eigenvalue weighted by Crippen LogP contribution is -2.02. The van der Waals surface area contributed by atoms with E-state index in [-0.39, 0.29) is 5.56 Å². The predicted molar refractivity (Wildman–Crippen MR) is 87.2 cm³/mol. The Balaban J connectivity index is 2.10. The molecule has 22 heavy (non-hydrogen) atoms. The lowest BCUT2D eigenvalue weighted by molar-refractivity contribution is 0.0698. The van der Waals surface area contributed by atoms with Crippen LogP contribution in [0.2, 0.25) is 5.02 Å². The zero-order chi connectivity index (χ0) is 15.9. The van der Waals surface area contributed by atoms with E-state index in [1.807, 2.05) is 13.0 Å². The first-order valence-electron chi connectivity index (χ1n) is 6.65. The number of hydrogen-bond donors (Lipinski definition) is 2. The Bertz CT molecular complexity index is 702. The second kappa shape index (κ2) is 7.47. The van der Waals surface area contributed by atoms with Crippen LogP contribution in [0.5, 0.6) is 5.75 Å². The van der Waals surface area contributed by atoms with Crippen molar-refractivity contribution in [1.82, 2.24) is 0 Å². The number of rotatable bonds is 6. The molecule has 114 valence electrons. The van der Waals surface area contributed by atoms with Gasteiger partial charge >= 0.3 is 5.97 Å². The normalized spacial score (nSPS) is 10.6. The second-order valence-electron chi connectivity index (χ2n) is 4.34. The Kier molecular flexibility index (Phi) is 5.38. The molecule has 0 fully saturated rings. The minimum absolute atomic E-state index is 0.157. The van der Waals surface area contributed by atoms with Crippen LogP contribution >= 0.6 is 11.6 Å². The Morgan fingerprint density at radius 3 is 2.82 bits per heavy atom. The third-order valence-corrected chi connectivity index (χ3v) is 3.11. The van der Waals surface area contributed by atoms with E-state index in [2.05, 4.69) is 10.5 Å². The summed E-state index contributed by atoms with van der Waals surface area (Å²) in [7, 11) is 0. The minimum atomic E-state index is -1.01. The van der Waals surface area contributed by atoms with Crippen molar-refractivity contribution in [2.24, 2.45) is 5.10 Å². The van der Waals surface area contributed by atoms with Crippen LogP contribution in [0, 0.1) is 0 Å². The third-order valence-electron chi connectivity index (χ3n) is 2.81. The van der Waals surface area contributed by atoms with Gasteiger partial charge in [0.25, 0.3) is 0 Å². The number of hydrogen-bond acceptors (Lipinski definition) is 4. The summed E-state index contributed by atoms with van der Waals surface area (Å²) in [6, 6.07) is 11.8. The second-order valence-corrected chi connectivity index (χ2v) is 4.75. The first-order chi connectivity index (χ1) is 10.6. The zero-order valence-corrected chi connectivity index (χ0v) is 12.7. The molecule has 0 saturated heterocycles. The van der Waals surface area contributed by atoms with Gasteiger partial charge in [-0.25, -0.2) is 4.79 Å². The fourth-order valence-corrected chi connectivity index (χ4v) is 2.06. The first-order valence-corrected chi connectivity index (χ1v) is 7.03. The fourth-order valence-electron chi connectivity index (χ4n) is 1.81. The topological polar surface area (TPSA) is 70.9 Å². The van der Waals surface area contributed by atoms with E-state index in [0.717, 1.165) is 5.56 Å². The summed E-state index contributed by atoms with van der Waals surface area (Å²) in [4.78, 5) is 11.1. The van der Waals surface area contributed by atoms with E-state index in [9.17, 15) is 4.79 Å². The number of carboxylic acids is 1. The van der Waals surface area contributed by atoms with Crippen LogP contribution < -0.4 is 10.2 Å². The average molecular weight is 319 g/mol. The van der Waals surface area contributed by atoms with Gasteiger partial charge < -0.3 is 9.84 Å². The molecule has 0 aliphatic heterocycles. The van der Waals surface area contributed by atoms with Crippen LogP contribution in [0.3, 0.4) is 0 Å². The summed E-state index contributed by atoms with van der Waals surface area (Å²) in [5.41, 5.74) is 4.07. The molecule has 0 saturated carbocycles. The van der Waals surface area contributed by atoms with Crippen molar-refractivity contribution in [3.63, 3.8) is 0 Å². The molecule has 2 rings (SSSR count). The van der Waals surface area contributed by atoms with Gasteiger partial charge in [-0.2, -0.15) is 5.10 Å². The summed E-state index contributed by atoms with van der Waals surface area (Å²) in [6.07, 6.45) is 1.56. The number of nitrogens with zero attached hydrogens (tertiary/aromatic N) is 1. The SMILES string of the molecule is CCOc1ccc(C=NNc2ccccc2C(=O)O)cc1Cl. The molecule has 0 atom stereocenters. The molecule has 0 unspecified atom stereocenters. The van der Waals surface area contributed by atoms with Crippen LogP contribution in [-0.2, 0) is 0 Å². The summed E-state index contributed by atoms with van der Waals surface area (Å²) >= 11 is 6.09. The highest BCUT2D eigenvalue weighted by Gasteiger charge is 2.07. The van der Waals surface area contributed by atoms with Gasteiger partial charge in [0.1, 0.15) is 5.75 Å². The molecule has 0 spiro atoms. The van der Waals surface area contributed by atoms with Gasteiger partial charge in [-0.3, -0.25) is 5.43 Å². The number of hydrazone groups is 1. The summed E-state index contributed by atoms with van der Waals surface area (Å²) in [5, 5.41) is 13.6. The number of anilines is 1. The van der Waals surface area contributed by atoms with Crippen LogP contribution in [-0.4, -0.2) is 23.9 Å². The van der Waals surface area contributed by atoms with Crippen molar-refractivity contribution in [3.05, 3.63) is 58.6 Å². The number of benzene rings is 2. The van der Waals surface area contributed by atoms with Gasteiger partial charge in [-0.15, -0.1) is 0 Å². The fraction of sp³-hybridized carbons (Fsp3) is 0.125. The summed E-state index contributed by atoms with van der Waals surface area (Å²) in [5.74, 6) is -0.395. The molecule has 0 aromatic heterocycles. The van der Waals surface area contributed by atoms with Crippen LogP contribution in [0.25, 0.3) is 0 Å². The smallest absolute Gasteiger partial charge is 0.337 e. The largest absolute Gasteiger partial charge is 0.492 e. The van der Waals surface area contributed by atoms with E-state index in [4.69, 9.17) is 21.4 Å². The molecule has 0 heterocycles. The van der Waals surface area contributed by atoms with Gasteiger partial charge in [0.15, 0.2) is 0 Å². The van der Waals surface area contributed by atoms with Crippen molar-refractivity contribution in [3.8, 4) is 5.75 Å². The number of carbonyl (C=O) groups is 1. The molecule has 2 N–H and O–H groups in total. The summed E-state index contributed by atoms with van der Waals surface area (Å²) in [6.45, 7) is 2.43. The van der Waals surface area contributed by atoms with Crippen molar-refractivity contribution in [2.75, 3.05) is 12.0 Å². The number of carboxylic acid groups (broad SMARTS) is 1. The lowest BCUT2D eigenvalue weighted by atomic mass is 10.2. The van der Waals surface area contributed by atoms with Crippen LogP contribution in [0.1, 0.15) is 22.8 Å². The quantitative estimate of drug-likeness (QED) is 0.626.